The van der Waals surface area contributed by atoms with Crippen molar-refractivity contribution in [2.45, 2.75) is 25.7 Å². The molecule has 0 bridgehead atoms. The quantitative estimate of drug-likeness (QED) is 0.378. The van der Waals surface area contributed by atoms with Gasteiger partial charge in [0.2, 0.25) is 5.91 Å². The lowest BCUT2D eigenvalue weighted by atomic mass is 9.87. The molecule has 1 aliphatic heterocycles. The first-order valence-corrected chi connectivity index (χ1v) is 10.8. The van der Waals surface area contributed by atoms with Crippen LogP contribution in [0.5, 0.6) is 0 Å². The van der Waals surface area contributed by atoms with Gasteiger partial charge in [0.05, 0.1) is 16.5 Å². The van der Waals surface area contributed by atoms with E-state index < -0.39 is 17.0 Å². The monoisotopic (exact) mass is 546 g/mol. The first-order valence-electron chi connectivity index (χ1n) is 9.76. The lowest BCUT2D eigenvalue weighted by molar-refractivity contribution is -0.119. The van der Waals surface area contributed by atoms with Gasteiger partial charge in [-0.3, -0.25) is 4.79 Å². The smallest absolute Gasteiger partial charge is 0.235 e. The van der Waals surface area contributed by atoms with Gasteiger partial charge in [-0.15, -0.1) is 0 Å². The van der Waals surface area contributed by atoms with Crippen LogP contribution in [0, 0.1) is 15.2 Å². The molecule has 3 N–H and O–H groups in total. The molecule has 4 heterocycles. The molecule has 0 fully saturated rings. The summed E-state index contributed by atoms with van der Waals surface area (Å²) in [4.78, 5) is 25.9. The molecule has 162 valence electrons. The van der Waals surface area contributed by atoms with Gasteiger partial charge in [-0.1, -0.05) is 6.07 Å². The molecule has 4 aromatic rings. The van der Waals surface area contributed by atoms with Gasteiger partial charge in [0.15, 0.2) is 5.82 Å². The van der Waals surface area contributed by atoms with Crippen molar-refractivity contribution in [1.82, 2.24) is 19.4 Å². The summed E-state index contributed by atoms with van der Waals surface area (Å²) in [5, 5.41) is 2.75. The Morgan fingerprint density at radius 1 is 1.16 bits per heavy atom. The second-order valence-corrected chi connectivity index (χ2v) is 9.34. The molecular weight excluding hydrogens is 529 g/mol. The molecule has 1 aliphatic rings. The second-order valence-electron chi connectivity index (χ2n) is 8.09. The molecule has 32 heavy (non-hydrogen) atoms. The average molecular weight is 546 g/mol. The highest BCUT2D eigenvalue weighted by molar-refractivity contribution is 14.1. The van der Waals surface area contributed by atoms with Gasteiger partial charge in [-0.05, 0) is 60.7 Å². The van der Waals surface area contributed by atoms with Crippen molar-refractivity contribution in [3.63, 3.8) is 0 Å². The third-order valence-corrected chi connectivity index (χ3v) is 6.26. The molecule has 10 heteroatoms. The number of benzene rings is 1. The van der Waals surface area contributed by atoms with E-state index in [2.05, 4.69) is 20.3 Å². The summed E-state index contributed by atoms with van der Waals surface area (Å²) in [6.07, 6.45) is 1.69. The van der Waals surface area contributed by atoms with Crippen molar-refractivity contribution >= 4 is 45.7 Å². The zero-order valence-electron chi connectivity index (χ0n) is 17.1. The minimum absolute atomic E-state index is 0.0655. The Kier molecular flexibility index (Phi) is 4.66. The summed E-state index contributed by atoms with van der Waals surface area (Å²) in [5.74, 6) is -0.319. The highest BCUT2D eigenvalue weighted by Gasteiger charge is 2.42. The van der Waals surface area contributed by atoms with Crippen molar-refractivity contribution in [3.05, 3.63) is 68.7 Å². The van der Waals surface area contributed by atoms with Crippen LogP contribution in [0.4, 0.5) is 20.4 Å². The molecule has 0 spiro atoms. The van der Waals surface area contributed by atoms with Crippen molar-refractivity contribution in [2.75, 3.05) is 11.1 Å². The molecule has 0 saturated heterocycles. The Balaban J connectivity index is 1.66. The lowest BCUT2D eigenvalue weighted by Gasteiger charge is -2.15. The zero-order chi connectivity index (χ0) is 22.8. The number of anilines is 2. The number of aromatic nitrogens is 4. The van der Waals surface area contributed by atoms with Crippen LogP contribution in [0.1, 0.15) is 30.8 Å². The number of pyridine rings is 1. The number of nitrogen functional groups attached to an aromatic ring is 1. The van der Waals surface area contributed by atoms with Gasteiger partial charge in [-0.2, -0.15) is 0 Å². The van der Waals surface area contributed by atoms with E-state index in [1.54, 1.807) is 30.5 Å². The highest BCUT2D eigenvalue weighted by atomic mass is 127. The summed E-state index contributed by atoms with van der Waals surface area (Å²) >= 11 is 1.87. The number of nitrogens with two attached hydrogens (primary N) is 1. The van der Waals surface area contributed by atoms with Crippen LogP contribution in [-0.4, -0.2) is 25.3 Å². The second kappa shape index (κ2) is 7.19. The Bertz CT molecular complexity index is 1410. The summed E-state index contributed by atoms with van der Waals surface area (Å²) in [6, 6.07) is 7.98. The molecule has 0 radical (unpaired) electrons. The fraction of sp³-hybridized carbons (Fsp3) is 0.182. The van der Waals surface area contributed by atoms with Crippen LogP contribution >= 0.6 is 22.6 Å². The maximum Gasteiger partial charge on any atom is 0.235 e. The van der Waals surface area contributed by atoms with Crippen molar-refractivity contribution in [1.29, 1.82) is 0 Å². The van der Waals surface area contributed by atoms with Gasteiger partial charge in [0, 0.05) is 21.8 Å². The van der Waals surface area contributed by atoms with E-state index in [9.17, 15) is 13.6 Å². The normalized spacial score (nSPS) is 14.6. The molecule has 0 unspecified atom stereocenters. The molecule has 7 nitrogen and oxygen atoms in total. The molecular formula is C22H17F2IN6O. The molecule has 1 amide bonds. The number of fused-ring (bicyclic) bond motifs is 2. The zero-order valence-corrected chi connectivity index (χ0v) is 19.2. The Morgan fingerprint density at radius 3 is 2.59 bits per heavy atom. The van der Waals surface area contributed by atoms with Gasteiger partial charge in [-0.25, -0.2) is 23.7 Å². The molecule has 5 rings (SSSR count). The third kappa shape index (κ3) is 3.12. The van der Waals surface area contributed by atoms with Crippen LogP contribution in [0.15, 0.2) is 36.5 Å². The van der Waals surface area contributed by atoms with E-state index in [0.29, 0.717) is 32.0 Å². The predicted molar refractivity (Wildman–Crippen MR) is 124 cm³/mol. The van der Waals surface area contributed by atoms with Crippen LogP contribution < -0.4 is 11.1 Å². The summed E-state index contributed by atoms with van der Waals surface area (Å²) < 4.78 is 31.2. The van der Waals surface area contributed by atoms with Crippen molar-refractivity contribution in [3.8, 4) is 11.5 Å². The summed E-state index contributed by atoms with van der Waals surface area (Å²) in [5.41, 5.74) is 6.87. The van der Waals surface area contributed by atoms with Gasteiger partial charge in [0.1, 0.15) is 34.8 Å². The molecule has 0 saturated carbocycles. The predicted octanol–water partition coefficient (Wildman–Crippen LogP) is 4.08. The van der Waals surface area contributed by atoms with Crippen LogP contribution in [0.25, 0.3) is 17.0 Å². The highest BCUT2D eigenvalue weighted by Crippen LogP contribution is 2.40. The van der Waals surface area contributed by atoms with E-state index in [-0.39, 0.29) is 29.5 Å². The largest absolute Gasteiger partial charge is 0.383 e. The van der Waals surface area contributed by atoms with E-state index in [4.69, 9.17) is 5.73 Å². The number of carbonyl (C=O) groups excluding carboxylic acids is 1. The van der Waals surface area contributed by atoms with Crippen LogP contribution in [-0.2, 0) is 16.6 Å². The van der Waals surface area contributed by atoms with Crippen molar-refractivity contribution < 1.29 is 13.6 Å². The number of hydrogen-bond donors (Lipinski definition) is 2. The van der Waals surface area contributed by atoms with Gasteiger partial charge >= 0.3 is 0 Å². The minimum atomic E-state index is -0.848. The number of rotatable bonds is 3. The number of hydrogen-bond acceptors (Lipinski definition) is 5. The number of nitrogens with zero attached hydrogens (tertiary/aromatic N) is 4. The fourth-order valence-corrected chi connectivity index (χ4v) is 4.50. The maximum absolute atomic E-state index is 14.5. The average Bonchev–Trinajstić information content (AvgIpc) is 3.19. The number of halogens is 3. The molecule has 1 aromatic carbocycles. The van der Waals surface area contributed by atoms with Gasteiger partial charge in [0.25, 0.3) is 0 Å². The molecule has 0 atom stereocenters. The molecule has 3 aromatic heterocycles. The Morgan fingerprint density at radius 2 is 1.88 bits per heavy atom. The first kappa shape index (κ1) is 20.7. The third-order valence-electron chi connectivity index (χ3n) is 5.64. The standard InChI is InChI=1S/C22H17F2IN6O/c1-22(2)16-18(26)28-20(29-19(16)30-21(22)32)17-14-5-3-4-6-31(14)15(27-17)9-11-12(23)7-10(25)8-13(11)24/h3-8H,9H2,1-2H3,(H3,26,28,29,30,32). The van der Waals surface area contributed by atoms with E-state index >= 15 is 0 Å². The minimum Gasteiger partial charge on any atom is -0.383 e. The Hall–Kier alpha value is -3.15. The maximum atomic E-state index is 14.5. The lowest BCUT2D eigenvalue weighted by Crippen LogP contribution is -2.27. The number of carbonyl (C=O) groups is 1. The SMILES string of the molecule is CC1(C)C(=O)Nc2nc(-c3nc(Cc4c(F)cc(I)cc4F)n4ccccc34)nc(N)c21. The summed E-state index contributed by atoms with van der Waals surface area (Å²) in [7, 11) is 0. The fourth-order valence-electron chi connectivity index (χ4n) is 3.96. The Labute approximate surface area is 195 Å². The van der Waals surface area contributed by atoms with E-state index in [1.807, 2.05) is 34.7 Å². The topological polar surface area (TPSA) is 98.2 Å². The van der Waals surface area contributed by atoms with Crippen molar-refractivity contribution in [2.24, 2.45) is 0 Å². The number of nitrogens with one attached hydrogen (secondary N) is 1. The number of imidazole rings is 1. The summed E-state index contributed by atoms with van der Waals surface area (Å²) in [6.45, 7) is 3.50. The molecule has 0 aliphatic carbocycles. The van der Waals surface area contributed by atoms with Crippen LogP contribution in [0.2, 0.25) is 0 Å². The first-order chi connectivity index (χ1) is 15.2. The van der Waals surface area contributed by atoms with E-state index in [1.165, 1.54) is 12.1 Å². The van der Waals surface area contributed by atoms with Crippen LogP contribution in [0.3, 0.4) is 0 Å². The number of amides is 1. The van der Waals surface area contributed by atoms with E-state index in [0.717, 1.165) is 0 Å². The van der Waals surface area contributed by atoms with Gasteiger partial charge < -0.3 is 15.5 Å².